The fraction of sp³-hybridized carbons (Fsp3) is 0.600. The lowest BCUT2D eigenvalue weighted by molar-refractivity contribution is 0.520. The van der Waals surface area contributed by atoms with Crippen molar-refractivity contribution in [2.24, 2.45) is 0 Å². The van der Waals surface area contributed by atoms with E-state index in [1.807, 2.05) is 12.3 Å². The Morgan fingerprint density at radius 3 is 2.92 bits per heavy atom. The lowest BCUT2D eigenvalue weighted by Gasteiger charge is -2.09. The van der Waals surface area contributed by atoms with Crippen LogP contribution < -0.4 is 5.32 Å². The van der Waals surface area contributed by atoms with E-state index in [0.717, 1.165) is 12.6 Å². The summed E-state index contributed by atoms with van der Waals surface area (Å²) >= 11 is 0. The largest absolute Gasteiger partial charge is 0.364 e. The smallest absolute Gasteiger partial charge is 0.0359 e. The molecule has 0 aliphatic heterocycles. The van der Waals surface area contributed by atoms with Crippen LogP contribution in [0.4, 0.5) is 0 Å². The highest BCUT2D eigenvalue weighted by Gasteiger charge is 2.13. The van der Waals surface area contributed by atoms with Crippen molar-refractivity contribution in [1.82, 2.24) is 10.3 Å². The van der Waals surface area contributed by atoms with E-state index in [9.17, 15) is 0 Å². The van der Waals surface area contributed by atoms with Crippen molar-refractivity contribution in [1.29, 1.82) is 0 Å². The predicted octanol–water partition coefficient (Wildman–Crippen LogP) is 2.05. The minimum atomic E-state index is 0.772. The molecule has 0 aromatic carbocycles. The van der Waals surface area contributed by atoms with Crippen molar-refractivity contribution in [3.8, 4) is 0 Å². The molecule has 0 saturated heterocycles. The van der Waals surface area contributed by atoms with E-state index in [4.69, 9.17) is 0 Å². The second-order valence-corrected chi connectivity index (χ2v) is 3.56. The van der Waals surface area contributed by atoms with Crippen LogP contribution in [0.15, 0.2) is 18.3 Å². The molecule has 0 radical (unpaired) electrons. The summed E-state index contributed by atoms with van der Waals surface area (Å²) in [5, 5.41) is 3.55. The van der Waals surface area contributed by atoms with Gasteiger partial charge in [0.15, 0.2) is 0 Å². The van der Waals surface area contributed by atoms with E-state index in [1.54, 1.807) is 0 Å². The lowest BCUT2D eigenvalue weighted by Crippen LogP contribution is -2.25. The van der Waals surface area contributed by atoms with Gasteiger partial charge in [0, 0.05) is 24.5 Å². The van der Waals surface area contributed by atoms with E-state index in [0.29, 0.717) is 0 Å². The first-order chi connectivity index (χ1) is 5.95. The molecular formula is C10H16N2. The number of aromatic nitrogens is 1. The fourth-order valence-electron chi connectivity index (χ4n) is 1.86. The third kappa shape index (κ3) is 1.89. The van der Waals surface area contributed by atoms with Crippen molar-refractivity contribution in [2.45, 2.75) is 38.3 Å². The summed E-state index contributed by atoms with van der Waals surface area (Å²) in [4.78, 5) is 3.20. The molecule has 0 unspecified atom stereocenters. The Bertz CT molecular complexity index is 210. The minimum absolute atomic E-state index is 0.772. The Hall–Kier alpha value is -0.760. The topological polar surface area (TPSA) is 27.8 Å². The SMILES string of the molecule is c1c[nH]c(CNC2CCCC2)c1. The molecule has 2 rings (SSSR count). The maximum Gasteiger partial charge on any atom is 0.0359 e. The van der Waals surface area contributed by atoms with Gasteiger partial charge < -0.3 is 10.3 Å². The Morgan fingerprint density at radius 1 is 1.42 bits per heavy atom. The summed E-state index contributed by atoms with van der Waals surface area (Å²) in [5.74, 6) is 0. The molecule has 1 heterocycles. The van der Waals surface area contributed by atoms with Crippen LogP contribution in [0, 0.1) is 0 Å². The molecule has 12 heavy (non-hydrogen) atoms. The van der Waals surface area contributed by atoms with Crippen LogP contribution in [-0.4, -0.2) is 11.0 Å². The second-order valence-electron chi connectivity index (χ2n) is 3.56. The average Bonchev–Trinajstić information content (AvgIpc) is 2.74. The highest BCUT2D eigenvalue weighted by atomic mass is 14.9. The van der Waals surface area contributed by atoms with Gasteiger partial charge in [-0.15, -0.1) is 0 Å². The molecule has 1 aliphatic rings. The lowest BCUT2D eigenvalue weighted by atomic mass is 10.2. The van der Waals surface area contributed by atoms with Gasteiger partial charge in [-0.25, -0.2) is 0 Å². The molecule has 0 amide bonds. The predicted molar refractivity (Wildman–Crippen MR) is 49.9 cm³/mol. The first kappa shape index (κ1) is 7.87. The van der Waals surface area contributed by atoms with E-state index in [2.05, 4.69) is 16.4 Å². The fourth-order valence-corrected chi connectivity index (χ4v) is 1.86. The van der Waals surface area contributed by atoms with Gasteiger partial charge in [0.1, 0.15) is 0 Å². The van der Waals surface area contributed by atoms with Gasteiger partial charge >= 0.3 is 0 Å². The minimum Gasteiger partial charge on any atom is -0.364 e. The van der Waals surface area contributed by atoms with Crippen LogP contribution in [0.5, 0.6) is 0 Å². The molecule has 2 N–H and O–H groups in total. The summed E-state index contributed by atoms with van der Waals surface area (Å²) in [6.45, 7) is 0.998. The standard InChI is InChI=1S/C10H16N2/c1-2-5-9(4-1)12-8-10-6-3-7-11-10/h3,6-7,9,11-12H,1-2,4-5,8H2. The van der Waals surface area contributed by atoms with E-state index >= 15 is 0 Å². The first-order valence-electron chi connectivity index (χ1n) is 4.81. The number of aromatic amines is 1. The Kier molecular flexibility index (Phi) is 2.47. The number of H-pyrrole nitrogens is 1. The summed E-state index contributed by atoms with van der Waals surface area (Å²) in [5.41, 5.74) is 1.29. The Balaban J connectivity index is 1.74. The van der Waals surface area contributed by atoms with Gasteiger partial charge in [-0.3, -0.25) is 0 Å². The highest BCUT2D eigenvalue weighted by Crippen LogP contribution is 2.17. The highest BCUT2D eigenvalue weighted by molar-refractivity contribution is 5.03. The van der Waals surface area contributed by atoms with E-state index < -0.39 is 0 Å². The molecule has 1 aliphatic carbocycles. The van der Waals surface area contributed by atoms with Crippen LogP contribution in [0.25, 0.3) is 0 Å². The Labute approximate surface area is 73.4 Å². The molecule has 1 saturated carbocycles. The molecule has 1 aromatic rings. The van der Waals surface area contributed by atoms with Crippen molar-refractivity contribution in [3.63, 3.8) is 0 Å². The number of rotatable bonds is 3. The zero-order valence-electron chi connectivity index (χ0n) is 7.34. The summed E-state index contributed by atoms with van der Waals surface area (Å²) < 4.78 is 0. The maximum atomic E-state index is 3.55. The van der Waals surface area contributed by atoms with Gasteiger partial charge in [0.2, 0.25) is 0 Å². The normalized spacial score (nSPS) is 18.7. The summed E-state index contributed by atoms with van der Waals surface area (Å²) in [6, 6.07) is 4.95. The maximum absolute atomic E-state index is 3.55. The third-order valence-electron chi connectivity index (χ3n) is 2.60. The number of nitrogens with one attached hydrogen (secondary N) is 2. The van der Waals surface area contributed by atoms with E-state index in [1.165, 1.54) is 31.4 Å². The Morgan fingerprint density at radius 2 is 2.25 bits per heavy atom. The summed E-state index contributed by atoms with van der Waals surface area (Å²) in [6.07, 6.45) is 7.51. The van der Waals surface area contributed by atoms with Crippen LogP contribution in [0.2, 0.25) is 0 Å². The van der Waals surface area contributed by atoms with Crippen molar-refractivity contribution in [3.05, 3.63) is 24.0 Å². The zero-order valence-corrected chi connectivity index (χ0v) is 7.34. The molecular weight excluding hydrogens is 148 g/mol. The second kappa shape index (κ2) is 3.76. The van der Waals surface area contributed by atoms with Crippen LogP contribution >= 0.6 is 0 Å². The molecule has 1 aromatic heterocycles. The average molecular weight is 164 g/mol. The first-order valence-corrected chi connectivity index (χ1v) is 4.81. The molecule has 0 spiro atoms. The van der Waals surface area contributed by atoms with Crippen LogP contribution in [0.1, 0.15) is 31.4 Å². The van der Waals surface area contributed by atoms with Crippen molar-refractivity contribution in [2.75, 3.05) is 0 Å². The number of hydrogen-bond acceptors (Lipinski definition) is 1. The van der Waals surface area contributed by atoms with Gasteiger partial charge in [-0.2, -0.15) is 0 Å². The van der Waals surface area contributed by atoms with Crippen molar-refractivity contribution < 1.29 is 0 Å². The molecule has 2 nitrogen and oxygen atoms in total. The van der Waals surface area contributed by atoms with Gasteiger partial charge in [0.05, 0.1) is 0 Å². The van der Waals surface area contributed by atoms with Crippen LogP contribution in [-0.2, 0) is 6.54 Å². The van der Waals surface area contributed by atoms with Gasteiger partial charge in [0.25, 0.3) is 0 Å². The van der Waals surface area contributed by atoms with E-state index in [-0.39, 0.29) is 0 Å². The molecule has 2 heteroatoms. The zero-order chi connectivity index (χ0) is 8.23. The molecule has 1 fully saturated rings. The number of hydrogen-bond donors (Lipinski definition) is 2. The third-order valence-corrected chi connectivity index (χ3v) is 2.60. The molecule has 0 atom stereocenters. The monoisotopic (exact) mass is 164 g/mol. The molecule has 66 valence electrons. The summed E-state index contributed by atoms with van der Waals surface area (Å²) in [7, 11) is 0. The molecule has 0 bridgehead atoms. The van der Waals surface area contributed by atoms with Crippen LogP contribution in [0.3, 0.4) is 0 Å². The quantitative estimate of drug-likeness (QED) is 0.703. The van der Waals surface area contributed by atoms with Gasteiger partial charge in [-0.05, 0) is 25.0 Å². The van der Waals surface area contributed by atoms with Gasteiger partial charge in [-0.1, -0.05) is 12.8 Å². The van der Waals surface area contributed by atoms with Crippen molar-refractivity contribution >= 4 is 0 Å².